The molecule has 1 aromatic carbocycles. The van der Waals surface area contributed by atoms with Crippen LogP contribution in [0.4, 0.5) is 0 Å². The molecule has 0 radical (unpaired) electrons. The van der Waals surface area contributed by atoms with Gasteiger partial charge in [-0.3, -0.25) is 5.10 Å². The maximum absolute atomic E-state index is 9.64. The van der Waals surface area contributed by atoms with Crippen molar-refractivity contribution in [2.45, 2.75) is 19.3 Å². The van der Waals surface area contributed by atoms with Crippen LogP contribution in [0.2, 0.25) is 0 Å². The lowest BCUT2D eigenvalue weighted by Gasteiger charge is -2.25. The largest absolute Gasteiger partial charge is 0.493 e. The van der Waals surface area contributed by atoms with Crippen molar-refractivity contribution < 1.29 is 14.2 Å². The fourth-order valence-electron chi connectivity index (χ4n) is 3.03. The van der Waals surface area contributed by atoms with Gasteiger partial charge in [-0.25, -0.2) is 0 Å². The van der Waals surface area contributed by atoms with Crippen LogP contribution in [-0.4, -0.2) is 24.4 Å². The van der Waals surface area contributed by atoms with Crippen molar-refractivity contribution in [1.82, 2.24) is 10.2 Å². The summed E-state index contributed by atoms with van der Waals surface area (Å²) < 4.78 is 16.4. The van der Waals surface area contributed by atoms with Crippen molar-refractivity contribution in [2.24, 2.45) is 5.73 Å². The van der Waals surface area contributed by atoms with Crippen LogP contribution in [0.25, 0.3) is 0 Å². The van der Waals surface area contributed by atoms with E-state index in [2.05, 4.69) is 16.3 Å². The fraction of sp³-hybridized carbons (Fsp3) is 0.294. The summed E-state index contributed by atoms with van der Waals surface area (Å²) in [5.41, 5.74) is 8.74. The number of hydrogen-bond donors (Lipinski definition) is 2. The highest BCUT2D eigenvalue weighted by molar-refractivity contribution is 5.60. The van der Waals surface area contributed by atoms with Gasteiger partial charge < -0.3 is 19.9 Å². The number of aromatic nitrogens is 2. The quantitative estimate of drug-likeness (QED) is 0.892. The van der Waals surface area contributed by atoms with E-state index in [4.69, 9.17) is 19.9 Å². The number of nitrogens with one attached hydrogen (secondary N) is 1. The molecule has 0 saturated carbocycles. The molecule has 3 rings (SSSR count). The Kier molecular flexibility index (Phi) is 4.04. The lowest BCUT2D eigenvalue weighted by molar-refractivity contribution is 0.348. The third-order valence-corrected chi connectivity index (χ3v) is 4.12. The normalized spacial score (nSPS) is 16.2. The summed E-state index contributed by atoms with van der Waals surface area (Å²) in [6.07, 6.45) is 0.715. The van der Waals surface area contributed by atoms with Crippen LogP contribution in [0.1, 0.15) is 29.7 Å². The van der Waals surface area contributed by atoms with Gasteiger partial charge in [-0.2, -0.15) is 5.26 Å². The number of aromatic amines is 1. The number of fused-ring (bicyclic) bond motifs is 1. The maximum Gasteiger partial charge on any atom is 0.244 e. The van der Waals surface area contributed by atoms with E-state index in [1.165, 1.54) is 0 Å². The number of nitrogens with two attached hydrogens (primary N) is 1. The van der Waals surface area contributed by atoms with Crippen LogP contribution < -0.4 is 19.9 Å². The number of aryl methyl sites for hydroxylation is 1. The highest BCUT2D eigenvalue weighted by atomic mass is 16.5. The van der Waals surface area contributed by atoms with Gasteiger partial charge in [0.2, 0.25) is 11.8 Å². The topological polar surface area (TPSA) is 106 Å². The smallest absolute Gasteiger partial charge is 0.244 e. The monoisotopic (exact) mass is 326 g/mol. The van der Waals surface area contributed by atoms with Gasteiger partial charge in [0.15, 0.2) is 11.5 Å². The molecule has 1 aromatic heterocycles. The zero-order valence-electron chi connectivity index (χ0n) is 13.7. The summed E-state index contributed by atoms with van der Waals surface area (Å²) >= 11 is 0. The van der Waals surface area contributed by atoms with E-state index in [-0.39, 0.29) is 5.88 Å². The van der Waals surface area contributed by atoms with Crippen molar-refractivity contribution in [1.29, 1.82) is 5.26 Å². The van der Waals surface area contributed by atoms with Crippen molar-refractivity contribution >= 4 is 0 Å². The highest BCUT2D eigenvalue weighted by Crippen LogP contribution is 2.47. The van der Waals surface area contributed by atoms with Crippen LogP contribution in [0.5, 0.6) is 17.4 Å². The van der Waals surface area contributed by atoms with Gasteiger partial charge >= 0.3 is 0 Å². The van der Waals surface area contributed by atoms with Crippen LogP contribution in [0.3, 0.4) is 0 Å². The van der Waals surface area contributed by atoms with Gasteiger partial charge in [-0.1, -0.05) is 19.1 Å². The number of rotatable bonds is 4. The highest BCUT2D eigenvalue weighted by Gasteiger charge is 2.36. The molecule has 7 heteroatoms. The van der Waals surface area contributed by atoms with Crippen molar-refractivity contribution in [3.05, 3.63) is 46.5 Å². The van der Waals surface area contributed by atoms with Crippen LogP contribution in [0, 0.1) is 11.3 Å². The van der Waals surface area contributed by atoms with Crippen LogP contribution in [-0.2, 0) is 6.42 Å². The molecule has 7 nitrogen and oxygen atoms in total. The summed E-state index contributed by atoms with van der Waals surface area (Å²) in [5.74, 6) is 1.15. The van der Waals surface area contributed by atoms with E-state index in [1.807, 2.05) is 19.1 Å². The lowest BCUT2D eigenvalue weighted by atomic mass is 9.83. The number of para-hydroxylation sites is 1. The van der Waals surface area contributed by atoms with Gasteiger partial charge in [0.05, 0.1) is 25.7 Å². The predicted octanol–water partition coefficient (Wildman–Crippen LogP) is 2.21. The third kappa shape index (κ3) is 2.24. The fourth-order valence-corrected chi connectivity index (χ4v) is 3.03. The Morgan fingerprint density at radius 3 is 2.79 bits per heavy atom. The standard InChI is InChI=1S/C17H18N4O3/c1-4-11-14-13(9-6-5-7-12(22-2)15(9)23-3)10(8-18)16(19)24-17(14)21-20-11/h5-7,13H,4,19H2,1-3H3,(H,20,21)/t13-/m1/s1. The van der Waals surface area contributed by atoms with E-state index in [0.717, 1.165) is 16.8 Å². The maximum atomic E-state index is 9.64. The van der Waals surface area contributed by atoms with Crippen molar-refractivity contribution in [3.63, 3.8) is 0 Å². The molecule has 0 amide bonds. The number of hydrogen-bond acceptors (Lipinski definition) is 6. The average molecular weight is 326 g/mol. The number of nitriles is 1. The lowest BCUT2D eigenvalue weighted by Crippen LogP contribution is -2.21. The molecule has 2 heterocycles. The minimum atomic E-state index is -0.433. The molecular weight excluding hydrogens is 308 g/mol. The Morgan fingerprint density at radius 1 is 1.38 bits per heavy atom. The summed E-state index contributed by atoms with van der Waals surface area (Å²) in [5, 5.41) is 16.8. The summed E-state index contributed by atoms with van der Waals surface area (Å²) in [6, 6.07) is 7.70. The molecule has 0 unspecified atom stereocenters. The minimum Gasteiger partial charge on any atom is -0.493 e. The van der Waals surface area contributed by atoms with Crippen molar-refractivity contribution in [2.75, 3.05) is 14.2 Å². The molecule has 124 valence electrons. The van der Waals surface area contributed by atoms with Gasteiger partial charge in [0.1, 0.15) is 11.6 Å². The predicted molar refractivity (Wildman–Crippen MR) is 86.8 cm³/mol. The first-order chi connectivity index (χ1) is 11.7. The zero-order chi connectivity index (χ0) is 17.3. The molecule has 0 spiro atoms. The molecule has 1 atom stereocenters. The van der Waals surface area contributed by atoms with E-state index in [1.54, 1.807) is 20.3 Å². The number of allylic oxidation sites excluding steroid dienone is 1. The van der Waals surface area contributed by atoms with Gasteiger partial charge in [0.25, 0.3) is 0 Å². The Balaban J connectivity index is 2.30. The Hall–Kier alpha value is -3.14. The molecule has 0 fully saturated rings. The van der Waals surface area contributed by atoms with Gasteiger partial charge in [-0.05, 0) is 12.5 Å². The molecule has 0 saturated heterocycles. The number of ether oxygens (including phenoxy) is 3. The second kappa shape index (κ2) is 6.16. The molecule has 2 aromatic rings. The Bertz CT molecular complexity index is 848. The second-order valence-electron chi connectivity index (χ2n) is 5.28. The van der Waals surface area contributed by atoms with E-state index in [0.29, 0.717) is 29.4 Å². The molecule has 0 bridgehead atoms. The van der Waals surface area contributed by atoms with Crippen LogP contribution in [0.15, 0.2) is 29.7 Å². The SMILES string of the molecule is CCc1[nH]nc2c1[C@H](c1cccc(OC)c1OC)C(C#N)=C(N)O2. The Labute approximate surface area is 139 Å². The van der Waals surface area contributed by atoms with Gasteiger partial charge in [-0.15, -0.1) is 5.10 Å². The number of nitrogens with zero attached hydrogens (tertiary/aromatic N) is 2. The van der Waals surface area contributed by atoms with Crippen LogP contribution >= 0.6 is 0 Å². The number of methoxy groups -OCH3 is 2. The summed E-state index contributed by atoms with van der Waals surface area (Å²) in [7, 11) is 3.14. The molecule has 1 aliphatic heterocycles. The van der Waals surface area contributed by atoms with E-state index < -0.39 is 5.92 Å². The minimum absolute atomic E-state index is 0.0500. The number of benzene rings is 1. The van der Waals surface area contributed by atoms with Gasteiger partial charge in [0, 0.05) is 11.3 Å². The zero-order valence-corrected chi connectivity index (χ0v) is 13.7. The average Bonchev–Trinajstić information content (AvgIpc) is 3.01. The Morgan fingerprint density at radius 2 is 2.17 bits per heavy atom. The molecule has 3 N–H and O–H groups in total. The first-order valence-corrected chi connectivity index (χ1v) is 7.51. The molecular formula is C17H18N4O3. The first kappa shape index (κ1) is 15.7. The molecule has 1 aliphatic rings. The van der Waals surface area contributed by atoms with Crippen molar-refractivity contribution in [3.8, 4) is 23.4 Å². The van der Waals surface area contributed by atoms with E-state index >= 15 is 0 Å². The first-order valence-electron chi connectivity index (χ1n) is 7.51. The summed E-state index contributed by atoms with van der Waals surface area (Å²) in [6.45, 7) is 2.00. The number of H-pyrrole nitrogens is 1. The molecule has 0 aliphatic carbocycles. The summed E-state index contributed by atoms with van der Waals surface area (Å²) in [4.78, 5) is 0. The second-order valence-corrected chi connectivity index (χ2v) is 5.28. The molecule has 24 heavy (non-hydrogen) atoms. The van der Waals surface area contributed by atoms with E-state index in [9.17, 15) is 5.26 Å². The third-order valence-electron chi connectivity index (χ3n) is 4.12.